The monoisotopic (exact) mass is 1110 g/mol. The summed E-state index contributed by atoms with van der Waals surface area (Å²) in [6.45, 7) is 3.51. The van der Waals surface area contributed by atoms with E-state index in [-0.39, 0.29) is 63.4 Å². The number of guanidine groups is 1. The lowest BCUT2D eigenvalue weighted by Crippen LogP contribution is -2.59. The predicted molar refractivity (Wildman–Crippen MR) is 304 cm³/mol. The van der Waals surface area contributed by atoms with Crippen LogP contribution in [0.25, 0.3) is 21.7 Å². The molecule has 2 aromatic heterocycles. The van der Waals surface area contributed by atoms with Crippen LogP contribution in [0.15, 0.2) is 90.4 Å². The molecule has 0 aliphatic rings. The van der Waals surface area contributed by atoms with Crippen molar-refractivity contribution in [3.05, 3.63) is 102 Å². The number of nitrogens with zero attached hydrogens (tertiary/aromatic N) is 2. The zero-order valence-electron chi connectivity index (χ0n) is 45.4. The molecule has 0 fully saturated rings. The third-order valence-electron chi connectivity index (χ3n) is 13.5. The Balaban J connectivity index is 1.39. The van der Waals surface area contributed by atoms with Gasteiger partial charge in [0.15, 0.2) is 5.96 Å². The number of fused-ring (bicyclic) bond motifs is 2. The first-order valence-corrected chi connectivity index (χ1v) is 27.0. The van der Waals surface area contributed by atoms with Crippen molar-refractivity contribution in [3.8, 4) is 0 Å². The first-order valence-electron chi connectivity index (χ1n) is 27.0. The lowest BCUT2D eigenvalue weighted by Gasteiger charge is -2.27. The van der Waals surface area contributed by atoms with Gasteiger partial charge in [0.05, 0.1) is 18.9 Å². The Hall–Kier alpha value is -8.42. The number of carbonyl (C=O) groups is 8. The van der Waals surface area contributed by atoms with Crippen LogP contribution in [0.5, 0.6) is 0 Å². The molecule has 0 aliphatic heterocycles. The minimum Gasteiger partial charge on any atom is -0.370 e. The highest BCUT2D eigenvalue weighted by atomic mass is 16.2. The molecule has 25 heteroatoms. The maximum atomic E-state index is 14.7. The molecule has 432 valence electrons. The number of primary amides is 1. The van der Waals surface area contributed by atoms with Gasteiger partial charge in [-0.2, -0.15) is 0 Å². The van der Waals surface area contributed by atoms with Crippen LogP contribution in [0.3, 0.4) is 0 Å². The summed E-state index contributed by atoms with van der Waals surface area (Å²) >= 11 is 0. The molecular formula is C55H79N17O8. The number of aliphatic imine (C=N–C) groups is 1. The smallest absolute Gasteiger partial charge is 0.243 e. The highest BCUT2D eigenvalue weighted by Gasteiger charge is 2.33. The lowest BCUT2D eigenvalue weighted by atomic mass is 9.97. The fourth-order valence-electron chi connectivity index (χ4n) is 9.10. The molecule has 21 N–H and O–H groups in total. The zero-order chi connectivity index (χ0) is 58.1. The average molecular weight is 1110 g/mol. The van der Waals surface area contributed by atoms with E-state index in [0.717, 1.165) is 27.2 Å². The Kier molecular flexibility index (Phi) is 24.9. The molecule has 0 unspecified atom stereocenters. The summed E-state index contributed by atoms with van der Waals surface area (Å²) in [5.74, 6) is -6.30. The molecule has 0 aliphatic carbocycles. The van der Waals surface area contributed by atoms with Gasteiger partial charge in [0.1, 0.15) is 36.3 Å². The molecule has 0 bridgehead atoms. The van der Waals surface area contributed by atoms with Gasteiger partial charge in [-0.1, -0.05) is 74.5 Å². The SMILES string of the molecule is CC(C)[C@H](NC(=O)[C@H](CCCCN)NC(=O)[C@H](CCCCN)NC(=O)CNC(=O)[C@H](Cc1c[nH]c2ccccc12)NC(=O)[C@H](CCCN=C(N)N)NC(=O)[C@H](Cc1cccc2ccccc12)NC(=O)[C@@H](N)Cc1cnc[nH]1)C(N)=O. The number of nitrogens with one attached hydrogen (secondary N) is 9. The second-order valence-electron chi connectivity index (χ2n) is 20.0. The summed E-state index contributed by atoms with van der Waals surface area (Å²) in [5.41, 5.74) is 37.3. The van der Waals surface area contributed by atoms with Crippen molar-refractivity contribution in [3.63, 3.8) is 0 Å². The molecule has 5 rings (SSSR count). The molecular weight excluding hydrogens is 1030 g/mol. The van der Waals surface area contributed by atoms with Gasteiger partial charge < -0.3 is 81.6 Å². The van der Waals surface area contributed by atoms with E-state index < -0.39 is 96.1 Å². The van der Waals surface area contributed by atoms with E-state index in [1.807, 2.05) is 66.7 Å². The van der Waals surface area contributed by atoms with E-state index in [9.17, 15) is 38.4 Å². The Morgan fingerprint density at radius 1 is 0.575 bits per heavy atom. The summed E-state index contributed by atoms with van der Waals surface area (Å²) in [7, 11) is 0. The van der Waals surface area contributed by atoms with Crippen LogP contribution < -0.4 is 71.6 Å². The normalized spacial score (nSPS) is 13.9. The van der Waals surface area contributed by atoms with E-state index >= 15 is 0 Å². The van der Waals surface area contributed by atoms with Crippen LogP contribution in [-0.4, -0.2) is 137 Å². The van der Waals surface area contributed by atoms with E-state index in [1.165, 1.54) is 12.5 Å². The lowest BCUT2D eigenvalue weighted by molar-refractivity contribution is -0.134. The number of hydrogen-bond acceptors (Lipinski definition) is 13. The van der Waals surface area contributed by atoms with Crippen LogP contribution >= 0.6 is 0 Å². The Morgan fingerprint density at radius 2 is 1.12 bits per heavy atom. The summed E-state index contributed by atoms with van der Waals surface area (Å²) in [4.78, 5) is 125. The third-order valence-corrected chi connectivity index (χ3v) is 13.5. The van der Waals surface area contributed by atoms with Gasteiger partial charge in [-0.25, -0.2) is 4.98 Å². The number of H-pyrrole nitrogens is 2. The number of aromatic nitrogens is 3. The molecule has 0 spiro atoms. The van der Waals surface area contributed by atoms with Crippen molar-refractivity contribution in [1.82, 2.24) is 52.2 Å². The quantitative estimate of drug-likeness (QED) is 0.0132. The van der Waals surface area contributed by atoms with Gasteiger partial charge in [-0.05, 0) is 98.3 Å². The number of amides is 8. The number of benzene rings is 3. The fraction of sp³-hybridized carbons (Fsp3) is 0.455. The Bertz CT molecular complexity index is 2880. The van der Waals surface area contributed by atoms with Crippen LogP contribution in [0, 0.1) is 5.92 Å². The van der Waals surface area contributed by atoms with Gasteiger partial charge in [0, 0.05) is 54.8 Å². The van der Waals surface area contributed by atoms with Crippen molar-refractivity contribution in [2.75, 3.05) is 26.2 Å². The van der Waals surface area contributed by atoms with E-state index in [1.54, 1.807) is 20.0 Å². The minimum atomic E-state index is -1.36. The molecule has 0 saturated heterocycles. The number of rotatable bonds is 34. The van der Waals surface area contributed by atoms with Crippen LogP contribution in [0.1, 0.15) is 82.0 Å². The summed E-state index contributed by atoms with van der Waals surface area (Å²) in [5, 5.41) is 21.6. The topological polar surface area (TPSA) is 434 Å². The highest BCUT2D eigenvalue weighted by molar-refractivity contribution is 5.98. The van der Waals surface area contributed by atoms with Gasteiger partial charge in [0.2, 0.25) is 47.3 Å². The number of unbranched alkanes of at least 4 members (excludes halogenated alkanes) is 2. The number of imidazole rings is 1. The summed E-state index contributed by atoms with van der Waals surface area (Å²) in [6, 6.07) is 12.2. The molecule has 3 aromatic carbocycles. The van der Waals surface area contributed by atoms with Gasteiger partial charge >= 0.3 is 0 Å². The fourth-order valence-corrected chi connectivity index (χ4v) is 9.10. The predicted octanol–water partition coefficient (Wildman–Crippen LogP) is -1.12. The zero-order valence-corrected chi connectivity index (χ0v) is 45.4. The Labute approximate surface area is 464 Å². The number of aromatic amines is 2. The van der Waals surface area contributed by atoms with Crippen molar-refractivity contribution >= 4 is 74.9 Å². The Morgan fingerprint density at radius 3 is 1.75 bits per heavy atom. The maximum Gasteiger partial charge on any atom is 0.243 e. The number of hydrogen-bond donors (Lipinski definition) is 15. The molecule has 5 aromatic rings. The van der Waals surface area contributed by atoms with E-state index in [2.05, 4.69) is 57.2 Å². The van der Waals surface area contributed by atoms with Crippen LogP contribution in [0.4, 0.5) is 0 Å². The van der Waals surface area contributed by atoms with Gasteiger partial charge in [0.25, 0.3) is 0 Å². The number of para-hydroxylation sites is 1. The van der Waals surface area contributed by atoms with Gasteiger partial charge in [-0.15, -0.1) is 0 Å². The second-order valence-corrected chi connectivity index (χ2v) is 20.0. The first kappa shape index (κ1) is 62.4. The van der Waals surface area contributed by atoms with Crippen molar-refractivity contribution in [2.24, 2.45) is 45.3 Å². The molecule has 7 atom stereocenters. The second kappa shape index (κ2) is 31.8. The van der Waals surface area contributed by atoms with E-state index in [4.69, 9.17) is 34.4 Å². The third kappa shape index (κ3) is 19.5. The molecule has 2 heterocycles. The molecule has 25 nitrogen and oxygen atoms in total. The van der Waals surface area contributed by atoms with Crippen molar-refractivity contribution < 1.29 is 38.4 Å². The maximum absolute atomic E-state index is 14.7. The van der Waals surface area contributed by atoms with Gasteiger partial charge in [-0.3, -0.25) is 43.3 Å². The van der Waals surface area contributed by atoms with Crippen molar-refractivity contribution in [1.29, 1.82) is 0 Å². The van der Waals surface area contributed by atoms with E-state index in [0.29, 0.717) is 50.0 Å². The summed E-state index contributed by atoms with van der Waals surface area (Å²) in [6.07, 6.45) is 7.09. The largest absolute Gasteiger partial charge is 0.370 e. The molecule has 0 saturated carbocycles. The first-order chi connectivity index (χ1) is 38.4. The number of nitrogens with two attached hydrogens (primary N) is 6. The average Bonchev–Trinajstić information content (AvgIpc) is 4.15. The van der Waals surface area contributed by atoms with Crippen LogP contribution in [0.2, 0.25) is 0 Å². The van der Waals surface area contributed by atoms with Crippen molar-refractivity contribution in [2.45, 2.75) is 127 Å². The molecule has 0 radical (unpaired) electrons. The summed E-state index contributed by atoms with van der Waals surface area (Å²) < 4.78 is 0. The minimum absolute atomic E-state index is 0.00161. The number of carbonyl (C=O) groups excluding carboxylic acids is 8. The van der Waals surface area contributed by atoms with Crippen LogP contribution in [-0.2, 0) is 57.6 Å². The standard InChI is InChI=1S/C55H79N17O8/c1-32(2)47(48(59)74)72-53(79)42(20-8-10-23-57)68-51(77)41(19-7-9-22-56)67-46(73)30-65-50(76)44(26-35-28-64-40-18-6-5-17-38(35)40)71-52(78)43(21-12-24-63-55(60)61)69-54(80)45(70-49(75)39(58)27-36-29-62-31-66-36)25-34-15-11-14-33-13-3-4-16-37(33)34/h3-6,11,13-18,28-29,31-32,39,41-45,47,64H,7-10,12,19-27,30,56-58H2,1-2H3,(H2,59,74)(H,62,66)(H,65,76)(H,67,73)(H,68,77)(H,69,80)(H,70,75)(H,71,78)(H,72,79)(H4,60,61,63)/t39-,41-,42-,43-,44-,45-,47-/m0/s1. The highest BCUT2D eigenvalue weighted by Crippen LogP contribution is 2.22. The molecule has 8 amide bonds. The molecule has 80 heavy (non-hydrogen) atoms.